The first-order valence-electron chi connectivity index (χ1n) is 6.91. The minimum atomic E-state index is -0.220. The molecule has 0 bridgehead atoms. The van der Waals surface area contributed by atoms with Crippen LogP contribution in [0, 0.1) is 6.92 Å². The molecule has 3 aromatic rings. The third kappa shape index (κ3) is 3.03. The van der Waals surface area contributed by atoms with Gasteiger partial charge in [0.15, 0.2) is 0 Å². The van der Waals surface area contributed by atoms with E-state index < -0.39 is 0 Å². The number of benzene rings is 1. The first-order valence-corrected chi connectivity index (χ1v) is 6.91. The van der Waals surface area contributed by atoms with Gasteiger partial charge in [-0.15, -0.1) is 0 Å². The van der Waals surface area contributed by atoms with E-state index in [1.54, 1.807) is 18.3 Å². The summed E-state index contributed by atoms with van der Waals surface area (Å²) in [6.07, 6.45) is 1.65. The zero-order valence-corrected chi connectivity index (χ0v) is 12.6. The maximum Gasteiger partial charge on any atom is 0.262 e. The fourth-order valence-corrected chi connectivity index (χ4v) is 2.14. The number of amides is 1. The van der Waals surface area contributed by atoms with Gasteiger partial charge in [-0.2, -0.15) is 4.98 Å². The molecule has 0 aliphatic heterocycles. The number of carbonyl (C=O) groups is 1. The number of pyridine rings is 1. The molecule has 0 saturated carbocycles. The summed E-state index contributed by atoms with van der Waals surface area (Å²) in [7, 11) is 0. The molecule has 0 unspecified atom stereocenters. The van der Waals surface area contributed by atoms with Crippen molar-refractivity contribution in [1.82, 2.24) is 15.1 Å². The van der Waals surface area contributed by atoms with Crippen molar-refractivity contribution in [2.45, 2.75) is 13.8 Å². The van der Waals surface area contributed by atoms with Gasteiger partial charge in [-0.05, 0) is 30.7 Å². The summed E-state index contributed by atoms with van der Waals surface area (Å²) in [6.45, 7) is 3.29. The summed E-state index contributed by atoms with van der Waals surface area (Å²) in [6, 6.07) is 8.40. The lowest BCUT2D eigenvalue weighted by atomic mass is 10.1. The first kappa shape index (κ1) is 14.7. The van der Waals surface area contributed by atoms with Gasteiger partial charge in [-0.25, -0.2) is 0 Å². The molecule has 0 aliphatic rings. The van der Waals surface area contributed by atoms with Gasteiger partial charge in [0, 0.05) is 24.9 Å². The average Bonchev–Trinajstić information content (AvgIpc) is 2.96. The van der Waals surface area contributed by atoms with Crippen LogP contribution in [-0.4, -0.2) is 26.1 Å². The Morgan fingerprint density at radius 2 is 2.13 bits per heavy atom. The molecule has 1 amide bonds. The standard InChI is InChI=1S/C16H14N4O3/c1-9-4-3-7-17-14(9)15-19-16(23-20-15)12-6-5-11(8-13(12)22)18-10(2)21/h3-8,22H,1-2H3,(H,18,21). The predicted octanol–water partition coefficient (Wildman–Crippen LogP) is 2.77. The Bertz CT molecular complexity index is 873. The van der Waals surface area contributed by atoms with E-state index >= 15 is 0 Å². The lowest BCUT2D eigenvalue weighted by Crippen LogP contribution is -2.05. The zero-order valence-electron chi connectivity index (χ0n) is 12.6. The van der Waals surface area contributed by atoms with E-state index in [-0.39, 0.29) is 17.5 Å². The van der Waals surface area contributed by atoms with Crippen LogP contribution in [0.25, 0.3) is 23.0 Å². The lowest BCUT2D eigenvalue weighted by molar-refractivity contribution is -0.114. The van der Waals surface area contributed by atoms with Gasteiger partial charge in [-0.3, -0.25) is 9.78 Å². The molecule has 0 radical (unpaired) electrons. The number of carbonyl (C=O) groups excluding carboxylic acids is 1. The van der Waals surface area contributed by atoms with Gasteiger partial charge in [0.05, 0.1) is 5.56 Å². The number of hydrogen-bond donors (Lipinski definition) is 2. The van der Waals surface area contributed by atoms with E-state index in [4.69, 9.17) is 4.52 Å². The van der Waals surface area contributed by atoms with Crippen LogP contribution >= 0.6 is 0 Å². The van der Waals surface area contributed by atoms with Gasteiger partial charge >= 0.3 is 0 Å². The number of nitrogens with zero attached hydrogens (tertiary/aromatic N) is 3. The highest BCUT2D eigenvalue weighted by Gasteiger charge is 2.16. The molecule has 0 fully saturated rings. The molecule has 1 aromatic carbocycles. The molecule has 2 aromatic heterocycles. The number of aryl methyl sites for hydroxylation is 1. The van der Waals surface area contributed by atoms with Crippen molar-refractivity contribution in [1.29, 1.82) is 0 Å². The summed E-state index contributed by atoms with van der Waals surface area (Å²) in [4.78, 5) is 19.5. The predicted molar refractivity (Wildman–Crippen MR) is 83.7 cm³/mol. The van der Waals surface area contributed by atoms with Crippen molar-refractivity contribution in [3.63, 3.8) is 0 Å². The van der Waals surface area contributed by atoms with Gasteiger partial charge < -0.3 is 14.9 Å². The summed E-state index contributed by atoms with van der Waals surface area (Å²) < 4.78 is 5.21. The lowest BCUT2D eigenvalue weighted by Gasteiger charge is -2.04. The van der Waals surface area contributed by atoms with E-state index in [1.807, 2.05) is 19.1 Å². The number of anilines is 1. The molecule has 7 heteroatoms. The first-order chi connectivity index (χ1) is 11.0. The topological polar surface area (TPSA) is 101 Å². The van der Waals surface area contributed by atoms with Crippen LogP contribution in [0.4, 0.5) is 5.69 Å². The largest absolute Gasteiger partial charge is 0.507 e. The quantitative estimate of drug-likeness (QED) is 0.771. The van der Waals surface area contributed by atoms with Crippen LogP contribution in [0.1, 0.15) is 12.5 Å². The minimum Gasteiger partial charge on any atom is -0.507 e. The number of rotatable bonds is 3. The molecule has 116 valence electrons. The Morgan fingerprint density at radius 1 is 1.30 bits per heavy atom. The molecule has 7 nitrogen and oxygen atoms in total. The fourth-order valence-electron chi connectivity index (χ4n) is 2.14. The second-order valence-electron chi connectivity index (χ2n) is 5.01. The second kappa shape index (κ2) is 5.88. The molecule has 2 heterocycles. The van der Waals surface area contributed by atoms with Crippen LogP contribution in [0.2, 0.25) is 0 Å². The van der Waals surface area contributed by atoms with Crippen LogP contribution in [0.15, 0.2) is 41.1 Å². The van der Waals surface area contributed by atoms with E-state index in [0.29, 0.717) is 22.8 Å². The van der Waals surface area contributed by atoms with Crippen molar-refractivity contribution in [2.75, 3.05) is 5.32 Å². The highest BCUT2D eigenvalue weighted by molar-refractivity contribution is 5.89. The molecule has 0 saturated heterocycles. The van der Waals surface area contributed by atoms with Crippen molar-refractivity contribution in [3.05, 3.63) is 42.1 Å². The highest BCUT2D eigenvalue weighted by atomic mass is 16.5. The number of hydrogen-bond acceptors (Lipinski definition) is 6. The number of phenols is 1. The summed E-state index contributed by atoms with van der Waals surface area (Å²) in [5, 5.41) is 16.6. The Balaban J connectivity index is 1.95. The second-order valence-corrected chi connectivity index (χ2v) is 5.01. The number of aromatic nitrogens is 3. The van der Waals surface area contributed by atoms with Crippen molar-refractivity contribution < 1.29 is 14.4 Å². The van der Waals surface area contributed by atoms with Crippen molar-refractivity contribution in [3.8, 4) is 28.7 Å². The van der Waals surface area contributed by atoms with Crippen LogP contribution in [-0.2, 0) is 4.79 Å². The summed E-state index contributed by atoms with van der Waals surface area (Å²) >= 11 is 0. The molecule has 23 heavy (non-hydrogen) atoms. The van der Waals surface area contributed by atoms with Gasteiger partial charge in [-0.1, -0.05) is 11.2 Å². The average molecular weight is 310 g/mol. The number of phenolic OH excluding ortho intramolecular Hbond substituents is 1. The fraction of sp³-hybridized carbons (Fsp3) is 0.125. The Labute approximate surface area is 132 Å². The molecule has 2 N–H and O–H groups in total. The van der Waals surface area contributed by atoms with Crippen LogP contribution in [0.5, 0.6) is 5.75 Å². The Kier molecular flexibility index (Phi) is 3.76. The van der Waals surface area contributed by atoms with E-state index in [0.717, 1.165) is 5.56 Å². The molecule has 0 aliphatic carbocycles. The molecule has 0 atom stereocenters. The third-order valence-electron chi connectivity index (χ3n) is 3.20. The molecule has 0 spiro atoms. The monoisotopic (exact) mass is 310 g/mol. The van der Waals surface area contributed by atoms with E-state index in [1.165, 1.54) is 13.0 Å². The van der Waals surface area contributed by atoms with E-state index in [9.17, 15) is 9.90 Å². The Hall–Kier alpha value is -3.22. The SMILES string of the molecule is CC(=O)Nc1ccc(-c2nc(-c3ncccc3C)no2)c(O)c1. The van der Waals surface area contributed by atoms with Crippen molar-refractivity contribution >= 4 is 11.6 Å². The van der Waals surface area contributed by atoms with E-state index in [2.05, 4.69) is 20.4 Å². The van der Waals surface area contributed by atoms with Gasteiger partial charge in [0.2, 0.25) is 11.7 Å². The van der Waals surface area contributed by atoms with Gasteiger partial charge in [0.25, 0.3) is 5.89 Å². The zero-order chi connectivity index (χ0) is 16.4. The Morgan fingerprint density at radius 3 is 2.83 bits per heavy atom. The van der Waals surface area contributed by atoms with Gasteiger partial charge in [0.1, 0.15) is 11.4 Å². The van der Waals surface area contributed by atoms with Crippen molar-refractivity contribution in [2.24, 2.45) is 0 Å². The third-order valence-corrected chi connectivity index (χ3v) is 3.20. The number of aromatic hydroxyl groups is 1. The molecule has 3 rings (SSSR count). The van der Waals surface area contributed by atoms with Crippen LogP contribution < -0.4 is 5.32 Å². The maximum absolute atomic E-state index is 11.0. The summed E-state index contributed by atoms with van der Waals surface area (Å²) in [5.41, 5.74) is 2.41. The smallest absolute Gasteiger partial charge is 0.262 e. The summed E-state index contributed by atoms with van der Waals surface area (Å²) in [5.74, 6) is 0.243. The highest BCUT2D eigenvalue weighted by Crippen LogP contribution is 2.31. The molecular formula is C16H14N4O3. The maximum atomic E-state index is 11.0. The number of nitrogens with one attached hydrogen (secondary N) is 1. The molecular weight excluding hydrogens is 296 g/mol. The van der Waals surface area contributed by atoms with Crippen LogP contribution in [0.3, 0.4) is 0 Å². The minimum absolute atomic E-state index is 0.0656. The normalized spacial score (nSPS) is 10.5.